The highest BCUT2D eigenvalue weighted by Gasteiger charge is 2.28. The highest BCUT2D eigenvalue weighted by Crippen LogP contribution is 2.24. The summed E-state index contributed by atoms with van der Waals surface area (Å²) in [5.74, 6) is 3.91. The Morgan fingerprint density at radius 1 is 1.48 bits per heavy atom. The zero-order valence-electron chi connectivity index (χ0n) is 12.3. The highest BCUT2D eigenvalue weighted by molar-refractivity contribution is 7.99. The van der Waals surface area contributed by atoms with Gasteiger partial charge in [-0.1, -0.05) is 0 Å². The number of carbonyl (C=O) groups excluding carboxylic acids is 1. The van der Waals surface area contributed by atoms with Crippen molar-refractivity contribution >= 4 is 17.8 Å². The van der Waals surface area contributed by atoms with Gasteiger partial charge in [-0.3, -0.25) is 0 Å². The molecule has 5 nitrogen and oxygen atoms in total. The number of furan rings is 1. The fourth-order valence-corrected chi connectivity index (χ4v) is 3.82. The molecule has 116 valence electrons. The van der Waals surface area contributed by atoms with Crippen molar-refractivity contribution in [1.82, 2.24) is 10.2 Å². The Bertz CT molecular complexity index is 485. The third-order valence-corrected chi connectivity index (χ3v) is 5.14. The van der Waals surface area contributed by atoms with Gasteiger partial charge in [0.15, 0.2) is 0 Å². The number of aryl methyl sites for hydroxylation is 1. The second-order valence-electron chi connectivity index (χ2n) is 5.62. The molecule has 0 aromatic carbocycles. The first-order chi connectivity index (χ1) is 10.2. The Morgan fingerprint density at radius 2 is 2.38 bits per heavy atom. The van der Waals surface area contributed by atoms with E-state index in [-0.39, 0.29) is 12.1 Å². The van der Waals surface area contributed by atoms with Gasteiger partial charge in [0.2, 0.25) is 0 Å². The van der Waals surface area contributed by atoms with Crippen LogP contribution in [0.25, 0.3) is 0 Å². The molecule has 3 heterocycles. The van der Waals surface area contributed by atoms with Crippen LogP contribution in [0.5, 0.6) is 0 Å². The molecule has 1 aromatic heterocycles. The van der Waals surface area contributed by atoms with E-state index in [2.05, 4.69) is 5.32 Å². The van der Waals surface area contributed by atoms with Gasteiger partial charge in [-0.25, -0.2) is 4.79 Å². The predicted molar refractivity (Wildman–Crippen MR) is 82.6 cm³/mol. The lowest BCUT2D eigenvalue weighted by Gasteiger charge is -2.33. The molecule has 0 spiro atoms. The minimum Gasteiger partial charge on any atom is -0.464 e. The SMILES string of the molecule is Cc1ccc([C@@H]2CN(C(=O)N[C@H]3CCCSC3)CCO2)o1. The average molecular weight is 310 g/mol. The van der Waals surface area contributed by atoms with E-state index >= 15 is 0 Å². The van der Waals surface area contributed by atoms with Crippen LogP contribution in [0.1, 0.15) is 30.5 Å². The molecule has 0 unspecified atom stereocenters. The molecule has 0 radical (unpaired) electrons. The number of ether oxygens (including phenoxy) is 1. The molecule has 6 heteroatoms. The van der Waals surface area contributed by atoms with Gasteiger partial charge in [0.05, 0.1) is 13.2 Å². The smallest absolute Gasteiger partial charge is 0.317 e. The number of carbonyl (C=O) groups is 1. The van der Waals surface area contributed by atoms with Crippen molar-refractivity contribution in [3.8, 4) is 0 Å². The molecular weight excluding hydrogens is 288 g/mol. The van der Waals surface area contributed by atoms with Crippen LogP contribution in [0, 0.1) is 6.92 Å². The molecule has 1 N–H and O–H groups in total. The summed E-state index contributed by atoms with van der Waals surface area (Å²) in [6, 6.07) is 4.19. The molecule has 21 heavy (non-hydrogen) atoms. The maximum Gasteiger partial charge on any atom is 0.317 e. The molecule has 3 rings (SSSR count). The molecule has 0 bridgehead atoms. The lowest BCUT2D eigenvalue weighted by Crippen LogP contribution is -2.50. The summed E-state index contributed by atoms with van der Waals surface area (Å²) in [7, 11) is 0. The van der Waals surface area contributed by atoms with Crippen molar-refractivity contribution < 1.29 is 13.9 Å². The van der Waals surface area contributed by atoms with Crippen LogP contribution in [0.3, 0.4) is 0 Å². The van der Waals surface area contributed by atoms with Gasteiger partial charge in [-0.05, 0) is 37.7 Å². The van der Waals surface area contributed by atoms with Crippen LogP contribution < -0.4 is 5.32 Å². The van der Waals surface area contributed by atoms with E-state index in [0.717, 1.165) is 23.7 Å². The van der Waals surface area contributed by atoms with E-state index in [1.807, 2.05) is 35.7 Å². The van der Waals surface area contributed by atoms with Crippen molar-refractivity contribution in [2.24, 2.45) is 0 Å². The number of morpholine rings is 1. The zero-order chi connectivity index (χ0) is 14.7. The van der Waals surface area contributed by atoms with Crippen LogP contribution in [0.15, 0.2) is 16.5 Å². The minimum absolute atomic E-state index is 0.0269. The number of urea groups is 1. The largest absolute Gasteiger partial charge is 0.464 e. The van der Waals surface area contributed by atoms with E-state index in [9.17, 15) is 4.79 Å². The molecule has 2 saturated heterocycles. The highest BCUT2D eigenvalue weighted by atomic mass is 32.2. The van der Waals surface area contributed by atoms with Crippen molar-refractivity contribution in [2.45, 2.75) is 31.9 Å². The normalized spacial score (nSPS) is 26.6. The summed E-state index contributed by atoms with van der Waals surface area (Å²) in [6.07, 6.45) is 2.12. The number of hydrogen-bond donors (Lipinski definition) is 1. The molecule has 1 aromatic rings. The maximum atomic E-state index is 12.4. The van der Waals surface area contributed by atoms with E-state index in [1.165, 1.54) is 12.2 Å². The van der Waals surface area contributed by atoms with Crippen molar-refractivity contribution in [3.05, 3.63) is 23.7 Å². The van der Waals surface area contributed by atoms with E-state index in [1.54, 1.807) is 0 Å². The molecule has 2 aliphatic rings. The number of nitrogens with zero attached hydrogens (tertiary/aromatic N) is 1. The molecular formula is C15H22N2O3S. The lowest BCUT2D eigenvalue weighted by atomic mass is 10.2. The third kappa shape index (κ3) is 3.74. The summed E-state index contributed by atoms with van der Waals surface area (Å²) in [5.41, 5.74) is 0. The Morgan fingerprint density at radius 3 is 3.10 bits per heavy atom. The lowest BCUT2D eigenvalue weighted by molar-refractivity contribution is -0.0266. The minimum atomic E-state index is -0.154. The average Bonchev–Trinajstić information content (AvgIpc) is 2.95. The third-order valence-electron chi connectivity index (χ3n) is 3.92. The number of hydrogen-bond acceptors (Lipinski definition) is 4. The van der Waals surface area contributed by atoms with Crippen LogP contribution in [0.4, 0.5) is 4.79 Å². The van der Waals surface area contributed by atoms with Gasteiger partial charge in [0.1, 0.15) is 17.6 Å². The summed E-state index contributed by atoms with van der Waals surface area (Å²) in [5, 5.41) is 3.15. The maximum absolute atomic E-state index is 12.4. The van der Waals surface area contributed by atoms with Crippen LogP contribution >= 0.6 is 11.8 Å². The molecule has 2 fully saturated rings. The Balaban J connectivity index is 1.56. The van der Waals surface area contributed by atoms with E-state index < -0.39 is 0 Å². The van der Waals surface area contributed by atoms with Gasteiger partial charge >= 0.3 is 6.03 Å². The first kappa shape index (κ1) is 14.8. The fraction of sp³-hybridized carbons (Fsp3) is 0.667. The van der Waals surface area contributed by atoms with Crippen molar-refractivity contribution in [3.63, 3.8) is 0 Å². The van der Waals surface area contributed by atoms with Gasteiger partial charge in [-0.2, -0.15) is 11.8 Å². The van der Waals surface area contributed by atoms with Gasteiger partial charge in [0.25, 0.3) is 0 Å². The van der Waals surface area contributed by atoms with Crippen LogP contribution in [-0.2, 0) is 4.74 Å². The topological polar surface area (TPSA) is 54.7 Å². The van der Waals surface area contributed by atoms with Crippen LogP contribution in [0.2, 0.25) is 0 Å². The molecule has 2 aliphatic heterocycles. The first-order valence-electron chi connectivity index (χ1n) is 7.53. The van der Waals surface area contributed by atoms with Gasteiger partial charge < -0.3 is 19.4 Å². The Hall–Kier alpha value is -1.14. The second-order valence-corrected chi connectivity index (χ2v) is 6.77. The fourth-order valence-electron chi connectivity index (χ4n) is 2.75. The molecule has 2 atom stereocenters. The number of amides is 2. The monoisotopic (exact) mass is 310 g/mol. The summed E-state index contributed by atoms with van der Waals surface area (Å²) >= 11 is 1.92. The van der Waals surface area contributed by atoms with Gasteiger partial charge in [-0.15, -0.1) is 0 Å². The van der Waals surface area contributed by atoms with Crippen LogP contribution in [-0.4, -0.2) is 48.2 Å². The Labute approximate surface area is 129 Å². The van der Waals surface area contributed by atoms with Gasteiger partial charge in [0, 0.05) is 18.3 Å². The van der Waals surface area contributed by atoms with E-state index in [0.29, 0.717) is 25.7 Å². The van der Waals surface area contributed by atoms with Crippen molar-refractivity contribution in [2.75, 3.05) is 31.2 Å². The predicted octanol–water partition coefficient (Wildman–Crippen LogP) is 2.57. The molecule has 0 saturated carbocycles. The summed E-state index contributed by atoms with van der Waals surface area (Å²) in [6.45, 7) is 3.66. The summed E-state index contributed by atoms with van der Waals surface area (Å²) in [4.78, 5) is 14.2. The number of rotatable bonds is 2. The Kier molecular flexibility index (Phi) is 4.75. The zero-order valence-corrected chi connectivity index (χ0v) is 13.2. The standard InChI is InChI=1S/C15H22N2O3S/c1-11-4-5-13(20-11)14-9-17(6-7-19-14)15(18)16-12-3-2-8-21-10-12/h4-5,12,14H,2-3,6-10H2,1H3,(H,16,18)/t12-,14-/m0/s1. The number of nitrogens with one attached hydrogen (secondary N) is 1. The number of thioether (sulfide) groups is 1. The quantitative estimate of drug-likeness (QED) is 0.912. The second kappa shape index (κ2) is 6.75. The van der Waals surface area contributed by atoms with Crippen molar-refractivity contribution in [1.29, 1.82) is 0 Å². The molecule has 2 amide bonds. The van der Waals surface area contributed by atoms with E-state index in [4.69, 9.17) is 9.15 Å². The first-order valence-corrected chi connectivity index (χ1v) is 8.69. The summed E-state index contributed by atoms with van der Waals surface area (Å²) < 4.78 is 11.3. The molecule has 0 aliphatic carbocycles.